The average Bonchev–Trinajstić information content (AvgIpc) is 3.31. The van der Waals surface area contributed by atoms with Gasteiger partial charge in [0.25, 0.3) is 11.8 Å². The van der Waals surface area contributed by atoms with E-state index in [2.05, 4.69) is 20.6 Å². The molecule has 3 aromatic rings. The van der Waals surface area contributed by atoms with Gasteiger partial charge >= 0.3 is 0 Å². The minimum absolute atomic E-state index is 0.00177. The number of amides is 2. The molecule has 2 amide bonds. The van der Waals surface area contributed by atoms with Crippen molar-refractivity contribution in [2.24, 2.45) is 5.73 Å². The third-order valence-electron chi connectivity index (χ3n) is 4.01. The van der Waals surface area contributed by atoms with E-state index in [0.717, 1.165) is 11.4 Å². The van der Waals surface area contributed by atoms with E-state index in [1.54, 1.807) is 27.8 Å². The van der Waals surface area contributed by atoms with E-state index in [9.17, 15) is 9.59 Å². The summed E-state index contributed by atoms with van der Waals surface area (Å²) < 4.78 is 4.78. The van der Waals surface area contributed by atoms with Gasteiger partial charge in [0.15, 0.2) is 11.4 Å². The van der Waals surface area contributed by atoms with Crippen molar-refractivity contribution in [3.8, 4) is 0 Å². The second-order valence-corrected chi connectivity index (χ2v) is 6.31. The molecule has 0 spiro atoms. The van der Waals surface area contributed by atoms with Crippen molar-refractivity contribution in [3.05, 3.63) is 46.3 Å². The first kappa shape index (κ1) is 18.6. The van der Waals surface area contributed by atoms with Gasteiger partial charge in [0, 0.05) is 18.9 Å². The number of nitrogens with one attached hydrogen (secondary N) is 1. The number of nitrogens with two attached hydrogens (primary N) is 1. The number of primary amides is 1. The first-order valence-electron chi connectivity index (χ1n) is 8.21. The SMILES string of the molecule is CCn1cc(NC(=O)c2ccn(Cn3nc(C)c(Cl)c3C)n2)c(C(N)=O)n1. The molecule has 27 heavy (non-hydrogen) atoms. The van der Waals surface area contributed by atoms with Crippen LogP contribution in [0.5, 0.6) is 0 Å². The molecule has 10 nitrogen and oxygen atoms in total. The molecule has 0 bridgehead atoms. The lowest BCUT2D eigenvalue weighted by molar-refractivity contribution is 0.0995. The fourth-order valence-electron chi connectivity index (χ4n) is 2.55. The van der Waals surface area contributed by atoms with Crippen molar-refractivity contribution in [2.75, 3.05) is 5.32 Å². The third-order valence-corrected chi connectivity index (χ3v) is 4.56. The van der Waals surface area contributed by atoms with Crippen LogP contribution in [0.3, 0.4) is 0 Å². The monoisotopic (exact) mass is 390 g/mol. The largest absolute Gasteiger partial charge is 0.364 e. The molecular formula is C16H19ClN8O2. The molecule has 3 aromatic heterocycles. The quantitative estimate of drug-likeness (QED) is 0.658. The molecule has 0 aromatic carbocycles. The van der Waals surface area contributed by atoms with Crippen LogP contribution in [0.2, 0.25) is 5.02 Å². The molecule has 0 radical (unpaired) electrons. The summed E-state index contributed by atoms with van der Waals surface area (Å²) in [4.78, 5) is 24.0. The summed E-state index contributed by atoms with van der Waals surface area (Å²) in [5.41, 5.74) is 7.28. The van der Waals surface area contributed by atoms with Gasteiger partial charge in [0.05, 0.1) is 22.1 Å². The Morgan fingerprint density at radius 1 is 1.22 bits per heavy atom. The number of halogens is 1. The molecule has 0 aliphatic heterocycles. The van der Waals surface area contributed by atoms with Crippen molar-refractivity contribution < 1.29 is 9.59 Å². The fraction of sp³-hybridized carbons (Fsp3) is 0.312. The number of carbonyl (C=O) groups is 2. The summed E-state index contributed by atoms with van der Waals surface area (Å²) in [6, 6.07) is 1.57. The normalized spacial score (nSPS) is 11.0. The van der Waals surface area contributed by atoms with Gasteiger partial charge in [-0.2, -0.15) is 15.3 Å². The Kier molecular flexibility index (Phi) is 5.00. The summed E-state index contributed by atoms with van der Waals surface area (Å²) in [6.07, 6.45) is 3.20. The van der Waals surface area contributed by atoms with Crippen molar-refractivity contribution in [2.45, 2.75) is 34.0 Å². The predicted octanol–water partition coefficient (Wildman–Crippen LogP) is 1.42. The summed E-state index contributed by atoms with van der Waals surface area (Å²) in [7, 11) is 0. The van der Waals surface area contributed by atoms with Crippen molar-refractivity contribution in [1.29, 1.82) is 0 Å². The summed E-state index contributed by atoms with van der Waals surface area (Å²) >= 11 is 6.14. The number of hydrogen-bond acceptors (Lipinski definition) is 5. The van der Waals surface area contributed by atoms with E-state index in [4.69, 9.17) is 17.3 Å². The highest BCUT2D eigenvalue weighted by atomic mass is 35.5. The van der Waals surface area contributed by atoms with Gasteiger partial charge in [0.2, 0.25) is 0 Å². The maximum absolute atomic E-state index is 12.5. The summed E-state index contributed by atoms with van der Waals surface area (Å²) in [5, 5.41) is 15.8. The molecule has 142 valence electrons. The second kappa shape index (κ2) is 7.23. The second-order valence-electron chi connectivity index (χ2n) is 5.93. The average molecular weight is 391 g/mol. The maximum Gasteiger partial charge on any atom is 0.276 e. The van der Waals surface area contributed by atoms with Crippen LogP contribution in [0.4, 0.5) is 5.69 Å². The minimum atomic E-state index is -0.718. The Hall–Kier alpha value is -3.14. The lowest BCUT2D eigenvalue weighted by Gasteiger charge is -2.05. The topological polar surface area (TPSA) is 126 Å². The molecule has 0 saturated carbocycles. The summed E-state index contributed by atoms with van der Waals surface area (Å²) in [5.74, 6) is -1.19. The third kappa shape index (κ3) is 3.70. The first-order chi connectivity index (χ1) is 12.8. The minimum Gasteiger partial charge on any atom is -0.364 e. The molecule has 0 fully saturated rings. The molecule has 11 heteroatoms. The molecule has 3 N–H and O–H groups in total. The zero-order valence-electron chi connectivity index (χ0n) is 15.1. The number of nitrogens with zero attached hydrogens (tertiary/aromatic N) is 6. The molecule has 0 aliphatic rings. The van der Waals surface area contributed by atoms with Gasteiger partial charge in [-0.25, -0.2) is 4.68 Å². The van der Waals surface area contributed by atoms with Crippen LogP contribution in [0, 0.1) is 13.8 Å². The van der Waals surface area contributed by atoms with Gasteiger partial charge in [-0.3, -0.25) is 19.0 Å². The number of anilines is 1. The molecular weight excluding hydrogens is 372 g/mol. The molecule has 0 aliphatic carbocycles. The molecule has 3 rings (SSSR count). The van der Waals surface area contributed by atoms with Crippen LogP contribution < -0.4 is 11.1 Å². The van der Waals surface area contributed by atoms with Crippen LogP contribution in [0.25, 0.3) is 0 Å². The highest BCUT2D eigenvalue weighted by Crippen LogP contribution is 2.19. The predicted molar refractivity (Wildman–Crippen MR) is 98.7 cm³/mol. The van der Waals surface area contributed by atoms with Crippen LogP contribution in [-0.4, -0.2) is 41.2 Å². The summed E-state index contributed by atoms with van der Waals surface area (Å²) in [6.45, 7) is 6.38. The van der Waals surface area contributed by atoms with E-state index in [0.29, 0.717) is 18.2 Å². The van der Waals surface area contributed by atoms with Crippen molar-refractivity contribution in [1.82, 2.24) is 29.3 Å². The van der Waals surface area contributed by atoms with Crippen LogP contribution in [0.1, 0.15) is 39.3 Å². The maximum atomic E-state index is 12.5. The van der Waals surface area contributed by atoms with Gasteiger partial charge in [-0.05, 0) is 26.8 Å². The van der Waals surface area contributed by atoms with Gasteiger partial charge in [-0.15, -0.1) is 0 Å². The molecule has 3 heterocycles. The van der Waals surface area contributed by atoms with E-state index in [1.165, 1.54) is 4.68 Å². The lowest BCUT2D eigenvalue weighted by Crippen LogP contribution is -2.19. The number of aromatic nitrogens is 6. The van der Waals surface area contributed by atoms with Gasteiger partial charge in [-0.1, -0.05) is 11.6 Å². The van der Waals surface area contributed by atoms with Crippen LogP contribution >= 0.6 is 11.6 Å². The fourth-order valence-corrected chi connectivity index (χ4v) is 2.69. The number of hydrogen-bond donors (Lipinski definition) is 2. The number of aryl methyl sites for hydroxylation is 2. The van der Waals surface area contributed by atoms with Gasteiger partial charge in [0.1, 0.15) is 6.67 Å². The Labute approximate surface area is 159 Å². The Bertz CT molecular complexity index is 1020. The van der Waals surface area contributed by atoms with Crippen molar-refractivity contribution in [3.63, 3.8) is 0 Å². The van der Waals surface area contributed by atoms with E-state index < -0.39 is 11.8 Å². The zero-order chi connectivity index (χ0) is 19.7. The molecule has 0 saturated heterocycles. The highest BCUT2D eigenvalue weighted by molar-refractivity contribution is 6.31. The lowest BCUT2D eigenvalue weighted by atomic mass is 10.3. The van der Waals surface area contributed by atoms with Crippen LogP contribution in [-0.2, 0) is 13.2 Å². The Morgan fingerprint density at radius 2 is 1.96 bits per heavy atom. The van der Waals surface area contributed by atoms with E-state index >= 15 is 0 Å². The van der Waals surface area contributed by atoms with E-state index in [-0.39, 0.29) is 17.1 Å². The molecule has 0 atom stereocenters. The van der Waals surface area contributed by atoms with Crippen LogP contribution in [0.15, 0.2) is 18.5 Å². The molecule has 0 unspecified atom stereocenters. The number of rotatable bonds is 6. The van der Waals surface area contributed by atoms with Crippen molar-refractivity contribution >= 4 is 29.1 Å². The Morgan fingerprint density at radius 3 is 2.56 bits per heavy atom. The van der Waals surface area contributed by atoms with Gasteiger partial charge < -0.3 is 11.1 Å². The Balaban J connectivity index is 1.76. The standard InChI is InChI=1S/C16H19ClN8O2/c1-4-23-7-12(14(22-23)15(18)26)19-16(27)11-5-6-24(21-11)8-25-10(3)13(17)9(2)20-25/h5-7H,4,8H2,1-3H3,(H2,18,26)(H,19,27). The van der Waals surface area contributed by atoms with E-state index in [1.807, 2.05) is 20.8 Å². The highest BCUT2D eigenvalue weighted by Gasteiger charge is 2.18. The number of carbonyl (C=O) groups excluding carboxylic acids is 2. The smallest absolute Gasteiger partial charge is 0.276 e. The first-order valence-corrected chi connectivity index (χ1v) is 8.59. The zero-order valence-corrected chi connectivity index (χ0v) is 15.9.